The number of benzene rings is 1. The Morgan fingerprint density at radius 3 is 2.12 bits per heavy atom. The predicted molar refractivity (Wildman–Crippen MR) is 71.1 cm³/mol. The molecule has 2 aliphatic rings. The van der Waals surface area contributed by atoms with E-state index in [9.17, 15) is 4.79 Å². The van der Waals surface area contributed by atoms with Gasteiger partial charge < -0.3 is 0 Å². The second-order valence-electron chi connectivity index (χ2n) is 5.06. The zero-order valence-corrected chi connectivity index (χ0v) is 10.6. The third kappa shape index (κ3) is 1.91. The van der Waals surface area contributed by atoms with Crippen LogP contribution in [0.5, 0.6) is 0 Å². The first kappa shape index (κ1) is 11.3. The van der Waals surface area contributed by atoms with Gasteiger partial charge in [0, 0.05) is 12.1 Å². The molecule has 0 unspecified atom stereocenters. The Kier molecular flexibility index (Phi) is 2.97. The monoisotopic (exact) mass is 247 g/mol. The van der Waals surface area contributed by atoms with Crippen molar-refractivity contribution in [3.8, 4) is 0 Å². The summed E-state index contributed by atoms with van der Waals surface area (Å²) in [4.78, 5) is 14.3. The number of hydrogen-bond donors (Lipinski definition) is 1. The maximum Gasteiger partial charge on any atom is 0.207 e. The molecule has 2 aliphatic heterocycles. The summed E-state index contributed by atoms with van der Waals surface area (Å²) in [7, 11) is 0. The van der Waals surface area contributed by atoms with Crippen LogP contribution < -0.4 is 0 Å². The molecule has 3 heteroatoms. The number of hydrogen-bond acceptors (Lipinski definition) is 2. The molecule has 0 aliphatic carbocycles. The highest BCUT2D eigenvalue weighted by molar-refractivity contribution is 7.96. The molecule has 0 aromatic heterocycles. The minimum Gasteiger partial charge on any atom is -0.285 e. The van der Waals surface area contributed by atoms with E-state index in [-0.39, 0.29) is 11.2 Å². The second kappa shape index (κ2) is 4.46. The van der Waals surface area contributed by atoms with Crippen molar-refractivity contribution in [2.24, 2.45) is 0 Å². The van der Waals surface area contributed by atoms with Gasteiger partial charge in [-0.1, -0.05) is 30.3 Å². The van der Waals surface area contributed by atoms with Gasteiger partial charge in [0.25, 0.3) is 0 Å². The van der Waals surface area contributed by atoms with Crippen molar-refractivity contribution in [1.29, 1.82) is 0 Å². The molecule has 1 aromatic carbocycles. The lowest BCUT2D eigenvalue weighted by atomic mass is 10.0. The number of nitrogens with zero attached hydrogens (tertiary/aromatic N) is 1. The molecule has 2 nitrogen and oxygen atoms in total. The van der Waals surface area contributed by atoms with E-state index in [0.29, 0.717) is 12.1 Å². The first-order valence-electron chi connectivity index (χ1n) is 6.32. The van der Waals surface area contributed by atoms with Crippen LogP contribution >= 0.6 is 12.6 Å². The fraction of sp³-hybridized carbons (Fsp3) is 0.500. The van der Waals surface area contributed by atoms with Gasteiger partial charge in [0.1, 0.15) is 6.04 Å². The largest absolute Gasteiger partial charge is 0.285 e. The summed E-state index contributed by atoms with van der Waals surface area (Å²) < 4.78 is 0. The van der Waals surface area contributed by atoms with Crippen LogP contribution in [0, 0.1) is 0 Å². The molecule has 90 valence electrons. The van der Waals surface area contributed by atoms with Gasteiger partial charge in [0.15, 0.2) is 0 Å². The molecule has 3 rings (SSSR count). The highest BCUT2D eigenvalue weighted by atomic mass is 32.1. The molecule has 1 atom stereocenters. The van der Waals surface area contributed by atoms with Gasteiger partial charge in [-0.25, -0.2) is 0 Å². The molecule has 17 heavy (non-hydrogen) atoms. The molecule has 1 aromatic rings. The molecule has 0 N–H and O–H groups in total. The lowest BCUT2D eigenvalue weighted by Crippen LogP contribution is -2.36. The van der Waals surface area contributed by atoms with E-state index in [1.54, 1.807) is 0 Å². The van der Waals surface area contributed by atoms with Crippen LogP contribution in [-0.2, 0) is 4.79 Å². The van der Waals surface area contributed by atoms with Crippen molar-refractivity contribution < 1.29 is 4.79 Å². The van der Waals surface area contributed by atoms with Gasteiger partial charge in [-0.2, -0.15) is 0 Å². The quantitative estimate of drug-likeness (QED) is 0.829. The second-order valence-corrected chi connectivity index (χ2v) is 5.50. The van der Waals surface area contributed by atoms with Crippen molar-refractivity contribution in [3.63, 3.8) is 0 Å². The fourth-order valence-corrected chi connectivity index (χ4v) is 3.73. The number of fused-ring (bicyclic) bond motifs is 2. The topological polar surface area (TPSA) is 20.3 Å². The molecule has 0 spiro atoms. The normalized spacial score (nSPS) is 29.5. The Bertz CT molecular complexity index is 399. The first-order valence-corrected chi connectivity index (χ1v) is 6.77. The van der Waals surface area contributed by atoms with E-state index in [4.69, 9.17) is 0 Å². The average Bonchev–Trinajstić information content (AvgIpc) is 2.91. The van der Waals surface area contributed by atoms with Gasteiger partial charge in [-0.05, 0) is 31.2 Å². The Morgan fingerprint density at radius 1 is 1.12 bits per heavy atom. The molecule has 2 heterocycles. The lowest BCUT2D eigenvalue weighted by molar-refractivity contribution is -0.116. The highest BCUT2D eigenvalue weighted by Gasteiger charge is 2.44. The van der Waals surface area contributed by atoms with Crippen molar-refractivity contribution in [1.82, 2.24) is 4.90 Å². The Labute approximate surface area is 107 Å². The van der Waals surface area contributed by atoms with Crippen molar-refractivity contribution in [2.75, 3.05) is 0 Å². The fourth-order valence-electron chi connectivity index (χ4n) is 3.45. The van der Waals surface area contributed by atoms with Crippen LogP contribution in [0.15, 0.2) is 30.3 Å². The van der Waals surface area contributed by atoms with Crippen LogP contribution in [-0.4, -0.2) is 22.1 Å². The Hall–Kier alpha value is -0.800. The minimum absolute atomic E-state index is 0.0185. The molecule has 0 amide bonds. The maximum absolute atomic E-state index is 11.9. The zero-order chi connectivity index (χ0) is 11.8. The van der Waals surface area contributed by atoms with Gasteiger partial charge in [-0.15, -0.1) is 12.6 Å². The van der Waals surface area contributed by atoms with Gasteiger partial charge in [0.2, 0.25) is 5.12 Å². The number of thiol groups is 1. The first-order chi connectivity index (χ1) is 8.27. The van der Waals surface area contributed by atoms with E-state index in [1.807, 2.05) is 30.3 Å². The van der Waals surface area contributed by atoms with Gasteiger partial charge in [-0.3, -0.25) is 9.69 Å². The number of carbonyl (C=O) groups is 1. The summed E-state index contributed by atoms with van der Waals surface area (Å²) in [6.45, 7) is 0. The van der Waals surface area contributed by atoms with E-state index in [2.05, 4.69) is 17.5 Å². The maximum atomic E-state index is 11.9. The van der Waals surface area contributed by atoms with E-state index < -0.39 is 0 Å². The van der Waals surface area contributed by atoms with E-state index >= 15 is 0 Å². The highest BCUT2D eigenvalue weighted by Crippen LogP contribution is 2.43. The molecule has 2 fully saturated rings. The summed E-state index contributed by atoms with van der Waals surface area (Å²) in [6.07, 6.45) is 4.98. The average molecular weight is 247 g/mol. The van der Waals surface area contributed by atoms with Gasteiger partial charge in [0.05, 0.1) is 0 Å². The third-order valence-corrected chi connectivity index (χ3v) is 4.40. The molecular weight excluding hydrogens is 230 g/mol. The summed E-state index contributed by atoms with van der Waals surface area (Å²) in [5.41, 5.74) is 1.09. The number of rotatable bonds is 3. The molecule has 0 radical (unpaired) electrons. The van der Waals surface area contributed by atoms with Crippen LogP contribution in [0.1, 0.15) is 37.3 Å². The van der Waals surface area contributed by atoms with Crippen LogP contribution in [0.2, 0.25) is 0 Å². The molecular formula is C14H17NOS. The Balaban J connectivity index is 1.94. The Morgan fingerprint density at radius 2 is 1.65 bits per heavy atom. The van der Waals surface area contributed by atoms with Crippen LogP contribution in [0.3, 0.4) is 0 Å². The predicted octanol–water partition coefficient (Wildman–Crippen LogP) is 2.81. The zero-order valence-electron chi connectivity index (χ0n) is 9.75. The third-order valence-electron chi connectivity index (χ3n) is 4.16. The standard InChI is InChI=1S/C14H17NOS/c16-14(17)13(10-4-2-1-3-5-10)15-11-6-7-12(15)9-8-11/h1-5,11-13H,6-9H2,(H,16,17)/t11?,12?,13-/m1/s1. The van der Waals surface area contributed by atoms with E-state index in [0.717, 1.165) is 5.56 Å². The summed E-state index contributed by atoms with van der Waals surface area (Å²) in [6, 6.07) is 11.1. The summed E-state index contributed by atoms with van der Waals surface area (Å²) >= 11 is 4.11. The lowest BCUT2D eigenvalue weighted by Gasteiger charge is -2.30. The van der Waals surface area contributed by atoms with Crippen LogP contribution in [0.25, 0.3) is 0 Å². The molecule has 2 bridgehead atoms. The summed E-state index contributed by atoms with van der Waals surface area (Å²) in [5, 5.41) is -0.0185. The number of carbonyl (C=O) groups excluding carboxylic acids is 1. The smallest absolute Gasteiger partial charge is 0.207 e. The van der Waals surface area contributed by atoms with Crippen molar-refractivity contribution in [2.45, 2.75) is 43.8 Å². The van der Waals surface area contributed by atoms with Gasteiger partial charge >= 0.3 is 0 Å². The van der Waals surface area contributed by atoms with Crippen LogP contribution in [0.4, 0.5) is 0 Å². The molecule has 2 saturated heterocycles. The molecule has 0 saturated carbocycles. The van der Waals surface area contributed by atoms with Crippen molar-refractivity contribution in [3.05, 3.63) is 35.9 Å². The minimum atomic E-state index is -0.139. The van der Waals surface area contributed by atoms with Crippen molar-refractivity contribution >= 4 is 17.7 Å². The SMILES string of the molecule is O=C(S)[C@@H](c1ccccc1)N1C2CCC1CC2. The van der Waals surface area contributed by atoms with E-state index in [1.165, 1.54) is 25.7 Å². The summed E-state index contributed by atoms with van der Waals surface area (Å²) in [5.74, 6) is 0.